The van der Waals surface area contributed by atoms with Crippen LogP contribution in [-0.2, 0) is 14.4 Å². The lowest BCUT2D eigenvalue weighted by Crippen LogP contribution is -2.59. The molecule has 2 unspecified atom stereocenters. The van der Waals surface area contributed by atoms with Crippen molar-refractivity contribution in [3.63, 3.8) is 0 Å². The summed E-state index contributed by atoms with van der Waals surface area (Å²) in [6.07, 6.45) is 5.45. The number of anilines is 2. The largest absolute Gasteiger partial charge is 0.494 e. The number of benzene rings is 2. The van der Waals surface area contributed by atoms with Crippen LogP contribution in [0.1, 0.15) is 58.1 Å². The summed E-state index contributed by atoms with van der Waals surface area (Å²) in [5.74, 6) is -1.30. The summed E-state index contributed by atoms with van der Waals surface area (Å²) < 4.78 is 4.25. The van der Waals surface area contributed by atoms with E-state index in [1.165, 1.54) is 0 Å². The number of ether oxygens (including phenoxy) is 1. The van der Waals surface area contributed by atoms with Gasteiger partial charge in [-0.2, -0.15) is 0 Å². The van der Waals surface area contributed by atoms with E-state index < -0.39 is 33.4 Å². The molecule has 3 fully saturated rings. The fourth-order valence-corrected chi connectivity index (χ4v) is 10.8. The number of rotatable bonds is 14. The summed E-state index contributed by atoms with van der Waals surface area (Å²) in [6.45, 7) is 20.7. The minimum absolute atomic E-state index is 0.0643. The molecule has 0 saturated carbocycles. The number of carbonyl (C=O) groups is 3. The lowest BCUT2D eigenvalue weighted by Gasteiger charge is -2.41. The SMILES string of the molecule is C=CCN(C(=O)[C@@H]1[C@H]2C(=O)N([C@@H](CO)[C@@H](C)CC)C(C(=O)N(CC=C)c3c(C)cccc3C)C23CC[C@@]1(C)S3)c1ccc(OCC)cc1. The molecule has 48 heavy (non-hydrogen) atoms. The normalized spacial score (nSPS) is 26.9. The number of hydrogen-bond donors (Lipinski definition) is 1. The van der Waals surface area contributed by atoms with Crippen molar-refractivity contribution >= 4 is 40.9 Å². The Labute approximate surface area is 290 Å². The van der Waals surface area contributed by atoms with Crippen molar-refractivity contribution < 1.29 is 24.2 Å². The summed E-state index contributed by atoms with van der Waals surface area (Å²) in [6, 6.07) is 11.9. The van der Waals surface area contributed by atoms with E-state index in [9.17, 15) is 9.90 Å². The van der Waals surface area contributed by atoms with E-state index in [1.807, 2.05) is 77.1 Å². The number of likely N-dealkylation sites (tertiary alicyclic amines) is 1. The molecule has 1 N–H and O–H groups in total. The van der Waals surface area contributed by atoms with Gasteiger partial charge in [-0.25, -0.2) is 0 Å². The zero-order valence-electron chi connectivity index (χ0n) is 29.3. The summed E-state index contributed by atoms with van der Waals surface area (Å²) in [7, 11) is 0. The van der Waals surface area contributed by atoms with Crippen LogP contribution in [0.2, 0.25) is 0 Å². The fourth-order valence-electron chi connectivity index (χ4n) is 8.50. The van der Waals surface area contributed by atoms with Crippen LogP contribution < -0.4 is 14.5 Å². The van der Waals surface area contributed by atoms with Gasteiger partial charge in [-0.3, -0.25) is 14.4 Å². The van der Waals surface area contributed by atoms with E-state index in [0.717, 1.165) is 23.2 Å². The summed E-state index contributed by atoms with van der Waals surface area (Å²) >= 11 is 1.65. The van der Waals surface area contributed by atoms with Crippen LogP contribution in [0.3, 0.4) is 0 Å². The van der Waals surface area contributed by atoms with E-state index in [4.69, 9.17) is 4.74 Å². The molecule has 9 heteroatoms. The molecule has 0 aliphatic carbocycles. The van der Waals surface area contributed by atoms with Gasteiger partial charge in [0.2, 0.25) is 11.8 Å². The summed E-state index contributed by atoms with van der Waals surface area (Å²) in [5, 5.41) is 10.8. The summed E-state index contributed by atoms with van der Waals surface area (Å²) in [5.41, 5.74) is 3.41. The number of para-hydroxylation sites is 1. The van der Waals surface area contributed by atoms with Gasteiger partial charge in [0.25, 0.3) is 5.91 Å². The highest BCUT2D eigenvalue weighted by Crippen LogP contribution is 2.72. The second kappa shape index (κ2) is 14.1. The first-order chi connectivity index (χ1) is 22.9. The Morgan fingerprint density at radius 3 is 2.23 bits per heavy atom. The topological polar surface area (TPSA) is 90.4 Å². The third kappa shape index (κ3) is 5.76. The number of aliphatic hydroxyl groups excluding tert-OH is 1. The Balaban J connectivity index is 1.65. The number of aryl methyl sites for hydroxylation is 2. The Morgan fingerprint density at radius 2 is 1.67 bits per heavy atom. The van der Waals surface area contributed by atoms with Crippen molar-refractivity contribution in [1.82, 2.24) is 4.90 Å². The predicted octanol–water partition coefficient (Wildman–Crippen LogP) is 6.33. The second-order valence-electron chi connectivity index (χ2n) is 13.8. The van der Waals surface area contributed by atoms with E-state index in [1.54, 1.807) is 38.6 Å². The Bertz CT molecular complexity index is 1540. The fraction of sp³-hybridized carbons (Fsp3) is 0.513. The zero-order valence-corrected chi connectivity index (χ0v) is 30.1. The molecule has 8 nitrogen and oxygen atoms in total. The van der Waals surface area contributed by atoms with Crippen molar-refractivity contribution in [2.75, 3.05) is 36.1 Å². The third-order valence-electron chi connectivity index (χ3n) is 10.9. The van der Waals surface area contributed by atoms with Crippen LogP contribution in [0.25, 0.3) is 0 Å². The first-order valence-electron chi connectivity index (χ1n) is 17.2. The maximum Gasteiger partial charge on any atom is 0.251 e. The number of amides is 3. The molecule has 1 spiro atoms. The number of hydrogen-bond acceptors (Lipinski definition) is 6. The highest BCUT2D eigenvalue weighted by atomic mass is 32.2. The van der Waals surface area contributed by atoms with Gasteiger partial charge in [0.1, 0.15) is 11.8 Å². The van der Waals surface area contributed by atoms with Crippen molar-refractivity contribution in [3.05, 3.63) is 78.9 Å². The molecule has 3 heterocycles. The predicted molar refractivity (Wildman–Crippen MR) is 195 cm³/mol. The minimum atomic E-state index is -0.858. The van der Waals surface area contributed by atoms with E-state index >= 15 is 9.59 Å². The van der Waals surface area contributed by atoms with Crippen LogP contribution in [0.5, 0.6) is 5.75 Å². The zero-order chi connectivity index (χ0) is 35.0. The maximum atomic E-state index is 15.2. The van der Waals surface area contributed by atoms with Gasteiger partial charge in [0.05, 0.1) is 35.8 Å². The number of nitrogens with zero attached hydrogens (tertiary/aromatic N) is 3. The molecule has 2 aromatic carbocycles. The minimum Gasteiger partial charge on any atom is -0.494 e. The van der Waals surface area contributed by atoms with Crippen molar-refractivity contribution in [3.8, 4) is 5.75 Å². The van der Waals surface area contributed by atoms with Crippen LogP contribution in [0, 0.1) is 31.6 Å². The molecule has 7 atom stereocenters. The molecule has 258 valence electrons. The molecular formula is C39H51N3O5S. The van der Waals surface area contributed by atoms with Crippen molar-refractivity contribution in [2.24, 2.45) is 17.8 Å². The van der Waals surface area contributed by atoms with Crippen molar-refractivity contribution in [1.29, 1.82) is 0 Å². The van der Waals surface area contributed by atoms with Gasteiger partial charge in [-0.05, 0) is 81.8 Å². The number of thioether (sulfide) groups is 1. The van der Waals surface area contributed by atoms with Crippen LogP contribution in [0.15, 0.2) is 67.8 Å². The standard InChI is InChI=1S/C39H51N3O5S/c1-9-22-40(28-16-18-29(19-17-28)47-12-4)35(44)31-32-36(45)42(30(24-43)25(5)11-3)34(39(32)21-20-38(31,8)48-39)37(46)41(23-10-2)33-26(6)14-13-15-27(33)7/h9-10,13-19,25,30-32,34,43H,1-2,11-12,20-24H2,3-8H3/t25-,30-,31-,32-,34?,38+,39?/m0/s1. The van der Waals surface area contributed by atoms with Crippen LogP contribution in [-0.4, -0.2) is 75.6 Å². The Kier molecular flexibility index (Phi) is 10.5. The molecule has 3 aliphatic rings. The van der Waals surface area contributed by atoms with E-state index in [-0.39, 0.29) is 43.3 Å². The van der Waals surface area contributed by atoms with Gasteiger partial charge in [-0.15, -0.1) is 24.9 Å². The lowest BCUT2D eigenvalue weighted by molar-refractivity contribution is -0.143. The maximum absolute atomic E-state index is 15.2. The molecule has 0 aromatic heterocycles. The number of aliphatic hydroxyl groups is 1. The number of carbonyl (C=O) groups excluding carboxylic acids is 3. The lowest BCUT2D eigenvalue weighted by atomic mass is 9.66. The monoisotopic (exact) mass is 673 g/mol. The Morgan fingerprint density at radius 1 is 1.04 bits per heavy atom. The molecule has 2 bridgehead atoms. The highest BCUT2D eigenvalue weighted by molar-refractivity contribution is 8.02. The molecule has 3 saturated heterocycles. The van der Waals surface area contributed by atoms with E-state index in [2.05, 4.69) is 20.1 Å². The van der Waals surface area contributed by atoms with E-state index in [0.29, 0.717) is 30.9 Å². The molecule has 5 rings (SSSR count). The molecule has 2 aromatic rings. The molecule has 0 radical (unpaired) electrons. The third-order valence-corrected chi connectivity index (χ3v) is 12.9. The summed E-state index contributed by atoms with van der Waals surface area (Å²) in [4.78, 5) is 50.4. The van der Waals surface area contributed by atoms with Gasteiger partial charge >= 0.3 is 0 Å². The number of fused-ring (bicyclic) bond motifs is 1. The molecular weight excluding hydrogens is 623 g/mol. The average molecular weight is 674 g/mol. The first-order valence-corrected chi connectivity index (χ1v) is 18.0. The van der Waals surface area contributed by atoms with Gasteiger partial charge < -0.3 is 24.5 Å². The van der Waals surface area contributed by atoms with Gasteiger partial charge in [0, 0.05) is 29.2 Å². The van der Waals surface area contributed by atoms with Crippen molar-refractivity contribution in [2.45, 2.75) is 82.4 Å². The Hall–Kier alpha value is -3.56. The quantitative estimate of drug-likeness (QED) is 0.236. The molecule has 3 aliphatic heterocycles. The smallest absolute Gasteiger partial charge is 0.251 e. The van der Waals surface area contributed by atoms with Gasteiger partial charge in [0.15, 0.2) is 0 Å². The molecule has 3 amide bonds. The van der Waals surface area contributed by atoms with Crippen LogP contribution in [0.4, 0.5) is 11.4 Å². The van der Waals surface area contributed by atoms with Gasteiger partial charge in [-0.1, -0.05) is 50.6 Å². The second-order valence-corrected chi connectivity index (χ2v) is 15.6. The average Bonchev–Trinajstić information content (AvgIpc) is 3.64. The highest BCUT2D eigenvalue weighted by Gasteiger charge is 2.78. The van der Waals surface area contributed by atoms with Crippen LogP contribution >= 0.6 is 11.8 Å². The first kappa shape index (κ1) is 35.7.